The Labute approximate surface area is 101 Å². The summed E-state index contributed by atoms with van der Waals surface area (Å²) in [5, 5.41) is 6.89. The van der Waals surface area contributed by atoms with Crippen LogP contribution in [0.3, 0.4) is 0 Å². The van der Waals surface area contributed by atoms with Crippen molar-refractivity contribution < 1.29 is 12.9 Å². The average molecular weight is 259 g/mol. The molecule has 96 valence electrons. The molecule has 0 aliphatic carbocycles. The molecule has 1 aromatic rings. The zero-order valence-electron chi connectivity index (χ0n) is 9.99. The SMILES string of the molecule is Cc1noc(C)c1S(=O)(=O)NC[C@@H]1CCCN1. The molecule has 0 saturated carbocycles. The van der Waals surface area contributed by atoms with Crippen molar-refractivity contribution >= 4 is 10.0 Å². The summed E-state index contributed by atoms with van der Waals surface area (Å²) >= 11 is 0. The first kappa shape index (κ1) is 12.5. The lowest BCUT2D eigenvalue weighted by Gasteiger charge is -2.11. The number of sulfonamides is 1. The predicted octanol–water partition coefficient (Wildman–Crippen LogP) is 0.322. The maximum absolute atomic E-state index is 12.1. The molecular weight excluding hydrogens is 242 g/mol. The summed E-state index contributed by atoms with van der Waals surface area (Å²) in [5.74, 6) is 0.328. The van der Waals surface area contributed by atoms with Gasteiger partial charge in [-0.2, -0.15) is 0 Å². The Morgan fingerprint density at radius 2 is 2.29 bits per heavy atom. The lowest BCUT2D eigenvalue weighted by Crippen LogP contribution is -2.37. The Kier molecular flexibility index (Phi) is 3.50. The van der Waals surface area contributed by atoms with Crippen LogP contribution in [0.5, 0.6) is 0 Å². The highest BCUT2D eigenvalue weighted by Crippen LogP contribution is 2.18. The van der Waals surface area contributed by atoms with Crippen LogP contribution in [0.25, 0.3) is 0 Å². The first-order valence-electron chi connectivity index (χ1n) is 5.66. The lowest BCUT2D eigenvalue weighted by atomic mass is 10.2. The molecule has 6 nitrogen and oxygen atoms in total. The van der Waals surface area contributed by atoms with Gasteiger partial charge < -0.3 is 9.84 Å². The average Bonchev–Trinajstić information content (AvgIpc) is 2.86. The number of aryl methyl sites for hydroxylation is 2. The Morgan fingerprint density at radius 3 is 2.82 bits per heavy atom. The largest absolute Gasteiger partial charge is 0.360 e. The molecule has 1 fully saturated rings. The van der Waals surface area contributed by atoms with Crippen molar-refractivity contribution in [3.8, 4) is 0 Å². The maximum Gasteiger partial charge on any atom is 0.246 e. The summed E-state index contributed by atoms with van der Waals surface area (Å²) in [6, 6.07) is 0.227. The van der Waals surface area contributed by atoms with Gasteiger partial charge in [0, 0.05) is 12.6 Å². The quantitative estimate of drug-likeness (QED) is 0.813. The Hall–Kier alpha value is -0.920. The number of hydrogen-bond donors (Lipinski definition) is 2. The van der Waals surface area contributed by atoms with Gasteiger partial charge in [0.25, 0.3) is 0 Å². The Bertz CT molecular complexity index is 469. The smallest absolute Gasteiger partial charge is 0.246 e. The highest BCUT2D eigenvalue weighted by molar-refractivity contribution is 7.89. The van der Waals surface area contributed by atoms with Crippen molar-refractivity contribution in [1.82, 2.24) is 15.2 Å². The van der Waals surface area contributed by atoms with E-state index in [1.54, 1.807) is 13.8 Å². The van der Waals surface area contributed by atoms with Crippen LogP contribution < -0.4 is 10.0 Å². The van der Waals surface area contributed by atoms with Crippen LogP contribution in [-0.4, -0.2) is 32.7 Å². The maximum atomic E-state index is 12.1. The fourth-order valence-corrected chi connectivity index (χ4v) is 3.48. The molecule has 1 aromatic heterocycles. The van der Waals surface area contributed by atoms with E-state index < -0.39 is 10.0 Å². The van der Waals surface area contributed by atoms with Gasteiger partial charge in [0.05, 0.1) is 0 Å². The van der Waals surface area contributed by atoms with E-state index >= 15 is 0 Å². The van der Waals surface area contributed by atoms with Crippen molar-refractivity contribution in [3.05, 3.63) is 11.5 Å². The molecule has 2 rings (SSSR count). The highest BCUT2D eigenvalue weighted by atomic mass is 32.2. The first-order valence-corrected chi connectivity index (χ1v) is 7.15. The first-order chi connectivity index (χ1) is 8.00. The summed E-state index contributed by atoms with van der Waals surface area (Å²) in [7, 11) is -3.51. The number of nitrogens with zero attached hydrogens (tertiary/aromatic N) is 1. The van der Waals surface area contributed by atoms with Gasteiger partial charge >= 0.3 is 0 Å². The van der Waals surface area contributed by atoms with E-state index in [9.17, 15) is 8.42 Å². The molecule has 0 bridgehead atoms. The molecule has 1 atom stereocenters. The molecule has 2 N–H and O–H groups in total. The fourth-order valence-electron chi connectivity index (χ4n) is 2.07. The topological polar surface area (TPSA) is 84.2 Å². The third kappa shape index (κ3) is 2.67. The molecule has 0 radical (unpaired) electrons. The van der Waals surface area contributed by atoms with Crippen molar-refractivity contribution in [1.29, 1.82) is 0 Å². The summed E-state index contributed by atoms with van der Waals surface area (Å²) in [6.07, 6.45) is 2.10. The van der Waals surface area contributed by atoms with E-state index in [4.69, 9.17) is 4.52 Å². The van der Waals surface area contributed by atoms with Gasteiger partial charge in [0.15, 0.2) is 5.76 Å². The molecule has 2 heterocycles. The third-order valence-electron chi connectivity index (χ3n) is 2.92. The van der Waals surface area contributed by atoms with Crippen molar-refractivity contribution in [2.45, 2.75) is 37.6 Å². The van der Waals surface area contributed by atoms with Crippen LogP contribution in [0.15, 0.2) is 9.42 Å². The number of hydrogen-bond acceptors (Lipinski definition) is 5. The van der Waals surface area contributed by atoms with Crippen LogP contribution in [0, 0.1) is 13.8 Å². The van der Waals surface area contributed by atoms with Crippen LogP contribution in [0.2, 0.25) is 0 Å². The molecule has 0 spiro atoms. The van der Waals surface area contributed by atoms with Crippen LogP contribution in [0.4, 0.5) is 0 Å². The van der Waals surface area contributed by atoms with E-state index in [2.05, 4.69) is 15.2 Å². The van der Waals surface area contributed by atoms with Crippen LogP contribution >= 0.6 is 0 Å². The zero-order valence-corrected chi connectivity index (χ0v) is 10.8. The second-order valence-electron chi connectivity index (χ2n) is 4.30. The molecule has 1 aliphatic rings. The number of rotatable bonds is 4. The summed E-state index contributed by atoms with van der Waals surface area (Å²) in [5.41, 5.74) is 0.398. The Morgan fingerprint density at radius 1 is 1.53 bits per heavy atom. The monoisotopic (exact) mass is 259 g/mol. The Balaban J connectivity index is 2.08. The van der Waals surface area contributed by atoms with Crippen LogP contribution in [-0.2, 0) is 10.0 Å². The van der Waals surface area contributed by atoms with Gasteiger partial charge in [-0.3, -0.25) is 0 Å². The highest BCUT2D eigenvalue weighted by Gasteiger charge is 2.25. The number of nitrogens with one attached hydrogen (secondary N) is 2. The van der Waals surface area contributed by atoms with Gasteiger partial charge in [-0.05, 0) is 33.2 Å². The zero-order chi connectivity index (χ0) is 12.5. The molecule has 17 heavy (non-hydrogen) atoms. The summed E-state index contributed by atoms with van der Waals surface area (Å²) in [6.45, 7) is 4.59. The van der Waals surface area contributed by atoms with Crippen molar-refractivity contribution in [2.24, 2.45) is 0 Å². The van der Waals surface area contributed by atoms with Gasteiger partial charge in [0.2, 0.25) is 10.0 Å². The molecular formula is C10H17N3O3S. The third-order valence-corrected chi connectivity index (χ3v) is 4.59. The standard InChI is InChI=1S/C10H17N3O3S/c1-7-10(8(2)16-13-7)17(14,15)12-6-9-4-3-5-11-9/h9,11-12H,3-6H2,1-2H3/t9-/m0/s1. The predicted molar refractivity (Wildman–Crippen MR) is 62.2 cm³/mol. The van der Waals surface area contributed by atoms with E-state index in [1.165, 1.54) is 0 Å². The van der Waals surface area contributed by atoms with E-state index in [-0.39, 0.29) is 10.9 Å². The molecule has 0 unspecified atom stereocenters. The fraction of sp³-hybridized carbons (Fsp3) is 0.700. The van der Waals surface area contributed by atoms with Crippen LogP contribution in [0.1, 0.15) is 24.3 Å². The summed E-state index contributed by atoms with van der Waals surface area (Å²) < 4.78 is 31.6. The summed E-state index contributed by atoms with van der Waals surface area (Å²) in [4.78, 5) is 0.162. The minimum absolute atomic E-state index is 0.162. The van der Waals surface area contributed by atoms with Crippen molar-refractivity contribution in [2.75, 3.05) is 13.1 Å². The van der Waals surface area contributed by atoms with Crippen molar-refractivity contribution in [3.63, 3.8) is 0 Å². The van der Waals surface area contributed by atoms with E-state index in [0.29, 0.717) is 18.0 Å². The molecule has 0 amide bonds. The minimum Gasteiger partial charge on any atom is -0.360 e. The molecule has 7 heteroatoms. The van der Waals surface area contributed by atoms with Gasteiger partial charge in [0.1, 0.15) is 10.6 Å². The van der Waals surface area contributed by atoms with Gasteiger partial charge in [-0.1, -0.05) is 5.16 Å². The van der Waals surface area contributed by atoms with Gasteiger partial charge in [-0.15, -0.1) is 0 Å². The normalized spacial score (nSPS) is 20.9. The molecule has 1 aliphatic heterocycles. The molecule has 1 saturated heterocycles. The van der Waals surface area contributed by atoms with Gasteiger partial charge in [-0.25, -0.2) is 13.1 Å². The second-order valence-corrected chi connectivity index (χ2v) is 6.00. The number of aromatic nitrogens is 1. The minimum atomic E-state index is -3.51. The molecule has 0 aromatic carbocycles. The van der Waals surface area contributed by atoms with E-state index in [1.807, 2.05) is 0 Å². The van der Waals surface area contributed by atoms with E-state index in [0.717, 1.165) is 19.4 Å². The second kappa shape index (κ2) is 4.75. The lowest BCUT2D eigenvalue weighted by molar-refractivity contribution is 0.390.